The van der Waals surface area contributed by atoms with E-state index in [0.717, 1.165) is 6.92 Å². The Labute approximate surface area is 279 Å². The molecule has 3 saturated heterocycles. The van der Waals surface area contributed by atoms with Crippen molar-refractivity contribution in [2.24, 2.45) is 5.11 Å². The van der Waals surface area contributed by atoms with Crippen LogP contribution in [0.5, 0.6) is 0 Å². The van der Waals surface area contributed by atoms with E-state index in [1.54, 1.807) is 0 Å². The number of nitrogens with zero attached hydrogens (tertiary/aromatic N) is 3. The number of carboxylic acid groups (broad SMARTS) is 1. The largest absolute Gasteiger partial charge is 0.544 e. The third kappa shape index (κ3) is 9.71. The Morgan fingerprint density at radius 2 is 1.69 bits per heavy atom. The second-order valence-electron chi connectivity index (χ2n) is 11.9. The van der Waals surface area contributed by atoms with Crippen LogP contribution in [-0.2, 0) is 38.0 Å². The summed E-state index contributed by atoms with van der Waals surface area (Å²) < 4.78 is 33.0. The number of hydrogen-bond acceptors (Lipinski definition) is 19. The minimum Gasteiger partial charge on any atom is -0.544 e. The van der Waals surface area contributed by atoms with E-state index in [0.29, 0.717) is 0 Å². The molecular weight excluding hydrogens is 668 g/mol. The quantitative estimate of drug-likeness (QED) is 0.0307. The molecule has 0 saturated carbocycles. The highest BCUT2D eigenvalue weighted by Crippen LogP contribution is 2.35. The second-order valence-corrected chi connectivity index (χ2v) is 11.9. The molecule has 0 aromatic carbocycles. The minimum atomic E-state index is -2.87. The molecule has 5 unspecified atom stereocenters. The van der Waals surface area contributed by atoms with Gasteiger partial charge < -0.3 is 89.6 Å². The molecule has 0 aromatic rings. The van der Waals surface area contributed by atoms with Crippen LogP contribution in [0.3, 0.4) is 0 Å². The summed E-state index contributed by atoms with van der Waals surface area (Å²) in [6, 6.07) is -1.40. The molecule has 49 heavy (non-hydrogen) atoms. The Hall–Kier alpha value is -2.35. The van der Waals surface area contributed by atoms with Gasteiger partial charge in [-0.3, -0.25) is 4.79 Å². The molecule has 0 radical (unpaired) electrons. The Bertz CT molecular complexity index is 1130. The Balaban J connectivity index is 1.76. The molecule has 22 heteroatoms. The van der Waals surface area contributed by atoms with Crippen LogP contribution in [-0.4, -0.2) is 182 Å². The maximum absolute atomic E-state index is 12.4. The number of carbonyl (C=O) groups is 2. The predicted molar refractivity (Wildman–Crippen MR) is 153 cm³/mol. The summed E-state index contributed by atoms with van der Waals surface area (Å²) in [5.74, 6) is -5.61. The molecule has 22 nitrogen and oxygen atoms in total. The number of aliphatic carboxylic acids is 1. The molecule has 3 heterocycles. The average Bonchev–Trinajstić information content (AvgIpc) is 3.07. The number of rotatable bonds is 16. The van der Waals surface area contributed by atoms with E-state index < -0.39 is 129 Å². The molecule has 3 rings (SSSR count). The van der Waals surface area contributed by atoms with E-state index in [2.05, 4.69) is 15.3 Å². The van der Waals surface area contributed by atoms with Gasteiger partial charge in [0.05, 0.1) is 31.5 Å². The van der Waals surface area contributed by atoms with Crippen LogP contribution >= 0.6 is 0 Å². The zero-order chi connectivity index (χ0) is 36.6. The van der Waals surface area contributed by atoms with Crippen LogP contribution in [0.4, 0.5) is 0 Å². The number of aliphatic hydroxyl groups excluding tert-OH is 9. The first kappa shape index (κ1) is 41.1. The number of azide groups is 1. The van der Waals surface area contributed by atoms with Gasteiger partial charge in [-0.05, 0) is 18.4 Å². The van der Waals surface area contributed by atoms with Crippen LogP contribution in [0.15, 0.2) is 5.11 Å². The highest BCUT2D eigenvalue weighted by molar-refractivity contribution is 5.75. The lowest BCUT2D eigenvalue weighted by Crippen LogP contribution is -2.70. The fraction of sp³-hybridized carbons (Fsp3) is 0.926. The van der Waals surface area contributed by atoms with Gasteiger partial charge in [0, 0.05) is 31.4 Å². The van der Waals surface area contributed by atoms with Gasteiger partial charge in [-0.1, -0.05) is 12.0 Å². The first-order valence-electron chi connectivity index (χ1n) is 15.6. The summed E-state index contributed by atoms with van der Waals surface area (Å²) in [6.45, 7) is 0.833. The Morgan fingerprint density at radius 3 is 2.29 bits per heavy atom. The van der Waals surface area contributed by atoms with E-state index in [1.165, 1.54) is 6.92 Å². The smallest absolute Gasteiger partial charge is 0.217 e. The van der Waals surface area contributed by atoms with Crippen molar-refractivity contribution in [3.8, 4) is 0 Å². The maximum Gasteiger partial charge on any atom is 0.217 e. The Kier molecular flexibility index (Phi) is 15.3. The molecule has 0 aromatic heterocycles. The van der Waals surface area contributed by atoms with Crippen LogP contribution in [0, 0.1) is 0 Å². The third-order valence-electron chi connectivity index (χ3n) is 8.41. The number of carboxylic acids is 1. The summed E-state index contributed by atoms with van der Waals surface area (Å²) in [5.41, 5.74) is 8.35. The number of aliphatic hydroxyl groups is 9. The summed E-state index contributed by atoms with van der Waals surface area (Å²) >= 11 is 0. The second kappa shape index (κ2) is 18.2. The van der Waals surface area contributed by atoms with Crippen molar-refractivity contribution in [3.05, 3.63) is 10.4 Å². The lowest BCUT2D eigenvalue weighted by molar-refractivity contribution is -0.391. The number of hydrogen-bond donors (Lipinski definition) is 10. The van der Waals surface area contributed by atoms with Crippen molar-refractivity contribution in [1.29, 1.82) is 0 Å². The Morgan fingerprint density at radius 1 is 1.04 bits per heavy atom. The van der Waals surface area contributed by atoms with Crippen LogP contribution in [0.2, 0.25) is 0 Å². The lowest BCUT2D eigenvalue weighted by atomic mass is 9.88. The highest BCUT2D eigenvalue weighted by atomic mass is 16.8. The molecular formula is C27H45N4O18-. The van der Waals surface area contributed by atoms with E-state index in [1.807, 2.05) is 0 Å². The molecule has 0 bridgehead atoms. The topological polar surface area (TPSA) is 355 Å². The van der Waals surface area contributed by atoms with Crippen molar-refractivity contribution in [3.63, 3.8) is 0 Å². The van der Waals surface area contributed by atoms with Gasteiger partial charge in [-0.25, -0.2) is 0 Å². The van der Waals surface area contributed by atoms with Crippen molar-refractivity contribution in [2.75, 3.05) is 26.4 Å². The van der Waals surface area contributed by atoms with E-state index in [4.69, 9.17) is 34.0 Å². The minimum absolute atomic E-state index is 0.0335. The van der Waals surface area contributed by atoms with E-state index in [-0.39, 0.29) is 26.0 Å². The molecule has 16 atom stereocenters. The summed E-state index contributed by atoms with van der Waals surface area (Å²) in [6.07, 6.45) is -25.3. The van der Waals surface area contributed by atoms with Crippen molar-refractivity contribution in [2.45, 2.75) is 131 Å². The molecule has 282 valence electrons. The number of amides is 1. The van der Waals surface area contributed by atoms with Crippen LogP contribution in [0.25, 0.3) is 10.4 Å². The molecule has 3 aliphatic heterocycles. The van der Waals surface area contributed by atoms with Crippen LogP contribution in [0.1, 0.15) is 33.1 Å². The van der Waals surface area contributed by atoms with E-state index >= 15 is 0 Å². The maximum atomic E-state index is 12.4. The fourth-order valence-electron chi connectivity index (χ4n) is 5.68. The monoisotopic (exact) mass is 713 g/mol. The lowest BCUT2D eigenvalue weighted by Gasteiger charge is -2.50. The summed E-state index contributed by atoms with van der Waals surface area (Å²) in [4.78, 5) is 26.8. The summed E-state index contributed by atoms with van der Waals surface area (Å²) in [7, 11) is 0. The van der Waals surface area contributed by atoms with Gasteiger partial charge in [-0.2, -0.15) is 0 Å². The third-order valence-corrected chi connectivity index (χ3v) is 8.41. The predicted octanol–water partition coefficient (Wildman–Crippen LogP) is -6.42. The van der Waals surface area contributed by atoms with Crippen LogP contribution < -0.4 is 10.4 Å². The number of ether oxygens (including phenoxy) is 6. The average molecular weight is 714 g/mol. The number of carbonyl (C=O) groups excluding carboxylic acids is 2. The molecule has 1 amide bonds. The van der Waals surface area contributed by atoms with Gasteiger partial charge in [-0.15, -0.1) is 0 Å². The van der Waals surface area contributed by atoms with Gasteiger partial charge in [0.2, 0.25) is 11.7 Å². The zero-order valence-corrected chi connectivity index (χ0v) is 26.7. The normalized spacial score (nSPS) is 40.9. The fourth-order valence-corrected chi connectivity index (χ4v) is 5.68. The molecule has 3 aliphatic rings. The standard InChI is InChI=1S/C27H46N4O18/c1-3-11(34)16(36)23-15(30-10(2)33)12(35)7-27(49-23,26(42)43)45-9-14-17(37)18(38)20(40)25(47-14)48-22-13(8-32)46-24(21(41)19(22)39)44-6-4-5-29-31-28/h11-25,32,34-41H,3-9H2,1-2H3,(H,30,33)(H,42,43)/p-1/t11-,12-,13?,14?,15-,16-,17+,18+,19-,20?,21?,22-,23?,24-,25+,27-/m1/s1. The van der Waals surface area contributed by atoms with E-state index in [9.17, 15) is 60.7 Å². The van der Waals surface area contributed by atoms with Gasteiger partial charge >= 0.3 is 0 Å². The molecule has 0 aliphatic carbocycles. The first-order chi connectivity index (χ1) is 23.1. The zero-order valence-electron chi connectivity index (χ0n) is 26.7. The molecule has 0 spiro atoms. The number of nitrogens with one attached hydrogen (secondary N) is 1. The van der Waals surface area contributed by atoms with Gasteiger partial charge in [0.1, 0.15) is 67.0 Å². The van der Waals surface area contributed by atoms with Crippen molar-refractivity contribution in [1.82, 2.24) is 5.32 Å². The highest BCUT2D eigenvalue weighted by Gasteiger charge is 2.55. The first-order valence-corrected chi connectivity index (χ1v) is 15.6. The van der Waals surface area contributed by atoms with Crippen molar-refractivity contribution >= 4 is 11.9 Å². The van der Waals surface area contributed by atoms with Crippen molar-refractivity contribution < 1.29 is 89.1 Å². The SMILES string of the molecule is CC[C@@H](O)[C@@H](O)C1O[C@@](OCC2O[C@@H](O[C@@H]3C(CO)O[C@@H](OCCCN=[N+]=[N-])C(O)[C@H]3O)C(O)[C@@H](O)[C@H]2O)(C(=O)[O-])C[C@@H](O)[C@H]1NC(C)=O. The van der Waals surface area contributed by atoms with Gasteiger partial charge in [0.25, 0.3) is 0 Å². The molecule has 3 fully saturated rings. The molecule has 10 N–H and O–H groups in total. The summed E-state index contributed by atoms with van der Waals surface area (Å²) in [5, 5.41) is 113. The van der Waals surface area contributed by atoms with Gasteiger partial charge in [0.15, 0.2) is 12.6 Å².